The average Bonchev–Trinajstić information content (AvgIpc) is 3.29. The fourth-order valence-electron chi connectivity index (χ4n) is 4.49. The number of carbonyl (C=O) groups is 1. The van der Waals surface area contributed by atoms with Gasteiger partial charge >= 0.3 is 0 Å². The number of carbonyl (C=O) groups excluding carboxylic acids is 1. The fourth-order valence-corrected chi connectivity index (χ4v) is 5.98. The van der Waals surface area contributed by atoms with Crippen LogP contribution in [0.3, 0.4) is 0 Å². The first-order valence-corrected chi connectivity index (χ1v) is 12.8. The normalized spacial score (nSPS) is 18.9. The first-order chi connectivity index (χ1) is 14.4. The highest BCUT2D eigenvalue weighted by molar-refractivity contribution is 7.89. The highest BCUT2D eigenvalue weighted by atomic mass is 32.2. The van der Waals surface area contributed by atoms with Gasteiger partial charge in [-0.2, -0.15) is 4.31 Å². The molecular weight excluding hydrogens is 400 g/mol. The Morgan fingerprint density at radius 2 is 1.70 bits per heavy atom. The first-order valence-electron chi connectivity index (χ1n) is 11.3. The number of rotatable bonds is 8. The molecule has 1 aliphatic carbocycles. The molecule has 1 aliphatic heterocycles. The van der Waals surface area contributed by atoms with E-state index in [9.17, 15) is 13.2 Å². The van der Waals surface area contributed by atoms with Crippen molar-refractivity contribution in [1.29, 1.82) is 0 Å². The SMILES string of the molecule is CCN1CCN(c2ccc(S(=O)(=O)N(CC)CC)cc2NC(=O)C2CCCC2)CC1. The number of nitrogens with zero attached hydrogens (tertiary/aromatic N) is 3. The van der Waals surface area contributed by atoms with Crippen LogP contribution in [0.1, 0.15) is 46.5 Å². The van der Waals surface area contributed by atoms with E-state index < -0.39 is 10.0 Å². The molecule has 30 heavy (non-hydrogen) atoms. The van der Waals surface area contributed by atoms with Crippen molar-refractivity contribution < 1.29 is 13.2 Å². The largest absolute Gasteiger partial charge is 0.367 e. The molecule has 1 N–H and O–H groups in total. The Labute approximate surface area is 181 Å². The third-order valence-corrected chi connectivity index (χ3v) is 8.50. The summed E-state index contributed by atoms with van der Waals surface area (Å²) in [6.45, 7) is 11.4. The smallest absolute Gasteiger partial charge is 0.243 e. The lowest BCUT2D eigenvalue weighted by atomic mass is 10.1. The minimum atomic E-state index is -3.58. The average molecular weight is 437 g/mol. The first kappa shape index (κ1) is 23.0. The molecule has 0 spiro atoms. The topological polar surface area (TPSA) is 73.0 Å². The minimum absolute atomic E-state index is 0.0123. The molecule has 0 atom stereocenters. The van der Waals surface area contributed by atoms with Crippen molar-refractivity contribution in [2.75, 3.05) is 56.0 Å². The highest BCUT2D eigenvalue weighted by Gasteiger charge is 2.27. The van der Waals surface area contributed by atoms with Gasteiger partial charge in [-0.3, -0.25) is 4.79 Å². The summed E-state index contributed by atoms with van der Waals surface area (Å²) in [5.41, 5.74) is 1.53. The van der Waals surface area contributed by atoms with Crippen LogP contribution in [0.4, 0.5) is 11.4 Å². The van der Waals surface area contributed by atoms with Gasteiger partial charge < -0.3 is 15.1 Å². The van der Waals surface area contributed by atoms with E-state index >= 15 is 0 Å². The summed E-state index contributed by atoms with van der Waals surface area (Å²) in [6, 6.07) is 5.20. The van der Waals surface area contributed by atoms with Crippen LogP contribution in [0.15, 0.2) is 23.1 Å². The lowest BCUT2D eigenvalue weighted by Crippen LogP contribution is -2.46. The molecule has 1 saturated heterocycles. The molecule has 1 saturated carbocycles. The molecule has 1 aromatic carbocycles. The van der Waals surface area contributed by atoms with E-state index in [2.05, 4.69) is 22.0 Å². The van der Waals surface area contributed by atoms with E-state index in [-0.39, 0.29) is 16.7 Å². The Hall–Kier alpha value is -1.64. The van der Waals surface area contributed by atoms with E-state index in [4.69, 9.17) is 0 Å². The van der Waals surface area contributed by atoms with Gasteiger partial charge in [-0.1, -0.05) is 33.6 Å². The van der Waals surface area contributed by atoms with Crippen molar-refractivity contribution in [1.82, 2.24) is 9.21 Å². The van der Waals surface area contributed by atoms with Crippen LogP contribution in [0.2, 0.25) is 0 Å². The zero-order valence-electron chi connectivity index (χ0n) is 18.6. The quantitative estimate of drug-likeness (QED) is 0.678. The second kappa shape index (κ2) is 10.1. The Kier molecular flexibility index (Phi) is 7.76. The van der Waals surface area contributed by atoms with Crippen LogP contribution in [0.25, 0.3) is 0 Å². The van der Waals surface area contributed by atoms with Gasteiger partial charge in [-0.05, 0) is 37.6 Å². The van der Waals surface area contributed by atoms with Gasteiger partial charge in [0.25, 0.3) is 0 Å². The minimum Gasteiger partial charge on any atom is -0.367 e. The van der Waals surface area contributed by atoms with E-state index in [1.54, 1.807) is 12.1 Å². The second-order valence-corrected chi connectivity index (χ2v) is 10.1. The third kappa shape index (κ3) is 4.98. The van der Waals surface area contributed by atoms with Gasteiger partial charge in [0.15, 0.2) is 0 Å². The summed E-state index contributed by atoms with van der Waals surface area (Å²) < 4.78 is 27.6. The summed E-state index contributed by atoms with van der Waals surface area (Å²) in [5.74, 6) is 0.0381. The molecule has 0 unspecified atom stereocenters. The molecule has 168 valence electrons. The van der Waals surface area contributed by atoms with Gasteiger partial charge in [0.1, 0.15) is 0 Å². The number of hydrogen-bond donors (Lipinski definition) is 1. The molecule has 8 heteroatoms. The molecular formula is C22H36N4O3S. The van der Waals surface area contributed by atoms with E-state index in [1.807, 2.05) is 19.9 Å². The Morgan fingerprint density at radius 1 is 1.07 bits per heavy atom. The van der Waals surface area contributed by atoms with Crippen molar-refractivity contribution >= 4 is 27.3 Å². The molecule has 0 aromatic heterocycles. The number of sulfonamides is 1. The molecule has 0 radical (unpaired) electrons. The number of likely N-dealkylation sites (N-methyl/N-ethyl adjacent to an activating group) is 1. The second-order valence-electron chi connectivity index (χ2n) is 8.16. The van der Waals surface area contributed by atoms with Crippen molar-refractivity contribution in [3.8, 4) is 0 Å². The molecule has 1 amide bonds. The maximum absolute atomic E-state index is 13.1. The van der Waals surface area contributed by atoms with E-state index in [0.717, 1.165) is 64.1 Å². The van der Waals surface area contributed by atoms with E-state index in [1.165, 1.54) is 4.31 Å². The summed E-state index contributed by atoms with van der Waals surface area (Å²) in [4.78, 5) is 17.7. The van der Waals surface area contributed by atoms with Gasteiger partial charge in [-0.25, -0.2) is 8.42 Å². The number of hydrogen-bond acceptors (Lipinski definition) is 5. The molecule has 0 bridgehead atoms. The summed E-state index contributed by atoms with van der Waals surface area (Å²) in [5, 5.41) is 3.09. The number of nitrogens with one attached hydrogen (secondary N) is 1. The van der Waals surface area contributed by atoms with Gasteiger partial charge in [0, 0.05) is 45.2 Å². The highest BCUT2D eigenvalue weighted by Crippen LogP contribution is 2.33. The number of anilines is 2. The van der Waals surface area contributed by atoms with Crippen LogP contribution in [0, 0.1) is 5.92 Å². The Balaban J connectivity index is 1.92. The lowest BCUT2D eigenvalue weighted by Gasteiger charge is -2.36. The maximum atomic E-state index is 13.1. The van der Waals surface area contributed by atoms with Crippen LogP contribution < -0.4 is 10.2 Å². The molecule has 1 aromatic rings. The van der Waals surface area contributed by atoms with Crippen LogP contribution >= 0.6 is 0 Å². The van der Waals surface area contributed by atoms with Gasteiger partial charge in [0.05, 0.1) is 16.3 Å². The van der Waals surface area contributed by atoms with Crippen LogP contribution in [0.5, 0.6) is 0 Å². The van der Waals surface area contributed by atoms with Crippen molar-refractivity contribution in [3.05, 3.63) is 18.2 Å². The predicted molar refractivity (Wildman–Crippen MR) is 121 cm³/mol. The molecule has 2 fully saturated rings. The fraction of sp³-hybridized carbons (Fsp3) is 0.682. The lowest BCUT2D eigenvalue weighted by molar-refractivity contribution is -0.119. The monoisotopic (exact) mass is 436 g/mol. The Morgan fingerprint density at radius 3 is 2.27 bits per heavy atom. The van der Waals surface area contributed by atoms with E-state index in [0.29, 0.717) is 18.8 Å². The van der Waals surface area contributed by atoms with Crippen molar-refractivity contribution in [2.45, 2.75) is 51.3 Å². The predicted octanol–water partition coefficient (Wildman–Crippen LogP) is 2.99. The molecule has 2 aliphatic rings. The molecule has 7 nitrogen and oxygen atoms in total. The number of amides is 1. The number of benzene rings is 1. The standard InChI is InChI=1S/C22H36N4O3S/c1-4-24-13-15-25(16-14-24)21-12-11-19(30(28,29)26(5-2)6-3)17-20(21)23-22(27)18-9-7-8-10-18/h11-12,17-18H,4-10,13-16H2,1-3H3,(H,23,27). The molecule has 1 heterocycles. The van der Waals surface area contributed by atoms with Crippen molar-refractivity contribution in [3.63, 3.8) is 0 Å². The number of piperazine rings is 1. The summed E-state index contributed by atoms with van der Waals surface area (Å²) in [6.07, 6.45) is 3.99. The zero-order chi connectivity index (χ0) is 21.7. The zero-order valence-corrected chi connectivity index (χ0v) is 19.4. The maximum Gasteiger partial charge on any atom is 0.243 e. The van der Waals surface area contributed by atoms with Crippen LogP contribution in [-0.2, 0) is 14.8 Å². The molecule has 3 rings (SSSR count). The summed E-state index contributed by atoms with van der Waals surface area (Å²) in [7, 11) is -3.58. The summed E-state index contributed by atoms with van der Waals surface area (Å²) >= 11 is 0. The van der Waals surface area contributed by atoms with Gasteiger partial charge in [-0.15, -0.1) is 0 Å². The van der Waals surface area contributed by atoms with Gasteiger partial charge in [0.2, 0.25) is 15.9 Å². The van der Waals surface area contributed by atoms with Crippen LogP contribution in [-0.4, -0.2) is 69.3 Å². The Bertz CT molecular complexity index is 825. The van der Waals surface area contributed by atoms with Crippen molar-refractivity contribution in [2.24, 2.45) is 5.92 Å². The third-order valence-electron chi connectivity index (χ3n) is 6.46.